The summed E-state index contributed by atoms with van der Waals surface area (Å²) in [5.74, 6) is 0.480. The SMILES string of the molecule is O=C(N[C@H]1CN2CCC1CC2)[C@](O)(c1cccs1)C1CCCC1. The molecule has 0 unspecified atom stereocenters. The van der Waals surface area contributed by atoms with Gasteiger partial charge in [-0.2, -0.15) is 0 Å². The topological polar surface area (TPSA) is 52.6 Å². The third-order valence-electron chi connectivity index (χ3n) is 6.16. The van der Waals surface area contributed by atoms with E-state index < -0.39 is 5.60 Å². The molecule has 3 saturated heterocycles. The number of amides is 1. The number of hydrogen-bond donors (Lipinski definition) is 2. The van der Waals surface area contributed by atoms with Gasteiger partial charge in [-0.1, -0.05) is 18.9 Å². The van der Waals surface area contributed by atoms with Gasteiger partial charge in [0.15, 0.2) is 5.60 Å². The van der Waals surface area contributed by atoms with Crippen LogP contribution in [0.3, 0.4) is 0 Å². The van der Waals surface area contributed by atoms with Crippen molar-refractivity contribution in [2.24, 2.45) is 11.8 Å². The van der Waals surface area contributed by atoms with Crippen molar-refractivity contribution in [3.63, 3.8) is 0 Å². The minimum atomic E-state index is -1.34. The number of rotatable bonds is 4. The number of thiophene rings is 1. The van der Waals surface area contributed by atoms with E-state index in [0.29, 0.717) is 5.92 Å². The highest BCUT2D eigenvalue weighted by molar-refractivity contribution is 7.10. The Morgan fingerprint density at radius 1 is 1.26 bits per heavy atom. The lowest BCUT2D eigenvalue weighted by molar-refractivity contribution is -0.149. The summed E-state index contributed by atoms with van der Waals surface area (Å²) in [5.41, 5.74) is -1.34. The van der Waals surface area contributed by atoms with Crippen LogP contribution in [-0.2, 0) is 10.4 Å². The molecule has 4 aliphatic rings. The van der Waals surface area contributed by atoms with Gasteiger partial charge in [0, 0.05) is 23.4 Å². The monoisotopic (exact) mass is 334 g/mol. The Labute approximate surface area is 141 Å². The molecule has 1 aliphatic carbocycles. The summed E-state index contributed by atoms with van der Waals surface area (Å²) in [4.78, 5) is 16.4. The lowest BCUT2D eigenvalue weighted by Gasteiger charge is -2.46. The maximum atomic E-state index is 13.1. The maximum absolute atomic E-state index is 13.1. The lowest BCUT2D eigenvalue weighted by atomic mass is 9.81. The number of aliphatic hydroxyl groups is 1. The quantitative estimate of drug-likeness (QED) is 0.889. The van der Waals surface area contributed by atoms with E-state index in [-0.39, 0.29) is 17.9 Å². The number of carbonyl (C=O) groups excluding carboxylic acids is 1. The van der Waals surface area contributed by atoms with Gasteiger partial charge in [0.2, 0.25) is 0 Å². The normalized spacial score (nSPS) is 33.5. The fourth-order valence-corrected chi connectivity index (χ4v) is 5.64. The van der Waals surface area contributed by atoms with Gasteiger partial charge in [-0.15, -0.1) is 11.3 Å². The summed E-state index contributed by atoms with van der Waals surface area (Å²) in [6.45, 7) is 3.27. The van der Waals surface area contributed by atoms with Gasteiger partial charge >= 0.3 is 0 Å². The highest BCUT2D eigenvalue weighted by Crippen LogP contribution is 2.42. The third-order valence-corrected chi connectivity index (χ3v) is 7.16. The molecule has 4 nitrogen and oxygen atoms in total. The average molecular weight is 334 g/mol. The first-order valence-electron chi connectivity index (χ1n) is 8.97. The molecule has 1 saturated carbocycles. The summed E-state index contributed by atoms with van der Waals surface area (Å²) in [6, 6.07) is 4.05. The van der Waals surface area contributed by atoms with Crippen LogP contribution in [-0.4, -0.2) is 41.6 Å². The molecular formula is C18H26N2O2S. The van der Waals surface area contributed by atoms with Gasteiger partial charge < -0.3 is 15.3 Å². The van der Waals surface area contributed by atoms with E-state index in [9.17, 15) is 9.90 Å². The lowest BCUT2D eigenvalue weighted by Crippen LogP contribution is -2.60. The summed E-state index contributed by atoms with van der Waals surface area (Å²) in [6.07, 6.45) is 6.47. The van der Waals surface area contributed by atoms with Crippen LogP contribution in [0.1, 0.15) is 43.4 Å². The minimum Gasteiger partial charge on any atom is -0.374 e. The van der Waals surface area contributed by atoms with E-state index in [1.165, 1.54) is 24.2 Å². The van der Waals surface area contributed by atoms with Crippen molar-refractivity contribution < 1.29 is 9.90 Å². The zero-order chi connectivity index (χ0) is 15.9. The maximum Gasteiger partial charge on any atom is 0.258 e. The molecule has 5 heteroatoms. The van der Waals surface area contributed by atoms with E-state index in [2.05, 4.69) is 10.2 Å². The van der Waals surface area contributed by atoms with Crippen LogP contribution in [0.15, 0.2) is 17.5 Å². The predicted octanol–water partition coefficient (Wildman–Crippen LogP) is 2.34. The molecule has 2 N–H and O–H groups in total. The molecule has 3 aliphatic heterocycles. The fourth-order valence-electron chi connectivity index (χ4n) is 4.74. The van der Waals surface area contributed by atoms with Gasteiger partial charge in [0.25, 0.3) is 5.91 Å². The van der Waals surface area contributed by atoms with Crippen molar-refractivity contribution in [2.75, 3.05) is 19.6 Å². The van der Waals surface area contributed by atoms with Gasteiger partial charge in [0.1, 0.15) is 0 Å². The first-order valence-corrected chi connectivity index (χ1v) is 9.85. The van der Waals surface area contributed by atoms with E-state index in [0.717, 1.165) is 50.2 Å². The van der Waals surface area contributed by atoms with Crippen molar-refractivity contribution in [1.29, 1.82) is 0 Å². The Kier molecular flexibility index (Phi) is 4.20. The molecule has 0 spiro atoms. The molecule has 1 aromatic heterocycles. The smallest absolute Gasteiger partial charge is 0.258 e. The zero-order valence-electron chi connectivity index (χ0n) is 13.5. The predicted molar refractivity (Wildman–Crippen MR) is 91.3 cm³/mol. The van der Waals surface area contributed by atoms with Gasteiger partial charge in [-0.3, -0.25) is 4.79 Å². The molecule has 126 valence electrons. The van der Waals surface area contributed by atoms with Gasteiger partial charge in [0.05, 0.1) is 0 Å². The highest BCUT2D eigenvalue weighted by Gasteiger charge is 2.48. The number of hydrogen-bond acceptors (Lipinski definition) is 4. The molecule has 0 aromatic carbocycles. The standard InChI is InChI=1S/C18H26N2O2S/c21-17(19-15-12-20-9-7-13(15)8-10-20)18(22,14-4-1-2-5-14)16-6-3-11-23-16/h3,6,11,13-15,22H,1-2,4-5,7-10,12H2,(H,19,21)/t15-,18+/m0/s1. The molecular weight excluding hydrogens is 308 g/mol. The van der Waals surface area contributed by atoms with Gasteiger partial charge in [-0.05, 0) is 56.1 Å². The summed E-state index contributed by atoms with van der Waals surface area (Å²) >= 11 is 1.50. The molecule has 1 aromatic rings. The van der Waals surface area contributed by atoms with E-state index in [1.54, 1.807) is 0 Å². The number of piperidine rings is 3. The second kappa shape index (κ2) is 6.19. The summed E-state index contributed by atoms with van der Waals surface area (Å²) < 4.78 is 0. The number of fused-ring (bicyclic) bond motifs is 3. The highest BCUT2D eigenvalue weighted by atomic mass is 32.1. The number of nitrogens with zero attached hydrogens (tertiary/aromatic N) is 1. The molecule has 2 bridgehead atoms. The second-order valence-electron chi connectivity index (χ2n) is 7.44. The molecule has 4 fully saturated rings. The Hall–Kier alpha value is -0.910. The Bertz CT molecular complexity index is 547. The largest absolute Gasteiger partial charge is 0.374 e. The van der Waals surface area contributed by atoms with Crippen LogP contribution in [0.25, 0.3) is 0 Å². The van der Waals surface area contributed by atoms with Crippen LogP contribution < -0.4 is 5.32 Å². The molecule has 4 heterocycles. The van der Waals surface area contributed by atoms with E-state index >= 15 is 0 Å². The Morgan fingerprint density at radius 2 is 2.00 bits per heavy atom. The van der Waals surface area contributed by atoms with Crippen molar-refractivity contribution in [3.05, 3.63) is 22.4 Å². The number of nitrogens with one attached hydrogen (secondary N) is 1. The van der Waals surface area contributed by atoms with Crippen LogP contribution in [0.4, 0.5) is 0 Å². The van der Waals surface area contributed by atoms with E-state index in [1.807, 2.05) is 17.5 Å². The minimum absolute atomic E-state index is 0.0576. The van der Waals surface area contributed by atoms with Crippen molar-refractivity contribution in [2.45, 2.75) is 50.2 Å². The average Bonchev–Trinajstić information content (AvgIpc) is 3.29. The number of carbonyl (C=O) groups is 1. The van der Waals surface area contributed by atoms with Crippen molar-refractivity contribution in [3.8, 4) is 0 Å². The molecule has 2 atom stereocenters. The van der Waals surface area contributed by atoms with Crippen LogP contribution in [0.5, 0.6) is 0 Å². The summed E-state index contributed by atoms with van der Waals surface area (Å²) in [5, 5.41) is 16.6. The van der Waals surface area contributed by atoms with Crippen LogP contribution in [0.2, 0.25) is 0 Å². The first kappa shape index (κ1) is 15.6. The molecule has 1 amide bonds. The van der Waals surface area contributed by atoms with Gasteiger partial charge in [-0.25, -0.2) is 0 Å². The molecule has 23 heavy (non-hydrogen) atoms. The molecule has 5 rings (SSSR count). The van der Waals surface area contributed by atoms with Crippen LogP contribution in [0, 0.1) is 11.8 Å². The second-order valence-corrected chi connectivity index (χ2v) is 8.39. The molecule has 0 radical (unpaired) electrons. The Morgan fingerprint density at radius 3 is 2.57 bits per heavy atom. The first-order chi connectivity index (χ1) is 11.2. The van der Waals surface area contributed by atoms with E-state index in [4.69, 9.17) is 0 Å². The third kappa shape index (κ3) is 2.73. The van der Waals surface area contributed by atoms with Crippen molar-refractivity contribution >= 4 is 17.2 Å². The Balaban J connectivity index is 1.55. The van der Waals surface area contributed by atoms with Crippen LogP contribution >= 0.6 is 11.3 Å². The summed E-state index contributed by atoms with van der Waals surface area (Å²) in [7, 11) is 0. The fraction of sp³-hybridized carbons (Fsp3) is 0.722. The van der Waals surface area contributed by atoms with Crippen molar-refractivity contribution in [1.82, 2.24) is 10.2 Å². The zero-order valence-corrected chi connectivity index (χ0v) is 14.4.